The molecule has 0 radical (unpaired) electrons. The lowest BCUT2D eigenvalue weighted by molar-refractivity contribution is 0.105. The number of rotatable bonds is 6. The third kappa shape index (κ3) is 3.43. The molecule has 2 aliphatic heterocycles. The standard InChI is InChI=1S/C14H28N2O/c1-3-7-15-10-14(6-9-17-12-14)11-16-8-4-5-13(16)2/h13,15H,3-12H2,1-2H3. The molecule has 3 heteroatoms. The molecule has 0 bridgehead atoms. The predicted molar refractivity (Wildman–Crippen MR) is 71.3 cm³/mol. The maximum absolute atomic E-state index is 5.67. The van der Waals surface area contributed by atoms with Gasteiger partial charge in [0.1, 0.15) is 0 Å². The van der Waals surface area contributed by atoms with E-state index in [1.807, 2.05) is 0 Å². The van der Waals surface area contributed by atoms with E-state index in [9.17, 15) is 0 Å². The van der Waals surface area contributed by atoms with Crippen molar-refractivity contribution in [2.45, 2.75) is 45.6 Å². The molecule has 2 unspecified atom stereocenters. The van der Waals surface area contributed by atoms with Gasteiger partial charge in [-0.15, -0.1) is 0 Å². The minimum atomic E-state index is 0.383. The Kier molecular flexibility index (Phi) is 4.83. The fourth-order valence-corrected chi connectivity index (χ4v) is 3.16. The summed E-state index contributed by atoms with van der Waals surface area (Å²) in [6, 6.07) is 0.777. The van der Waals surface area contributed by atoms with Crippen molar-refractivity contribution < 1.29 is 4.74 Å². The van der Waals surface area contributed by atoms with Gasteiger partial charge in [0.25, 0.3) is 0 Å². The van der Waals surface area contributed by atoms with Crippen LogP contribution in [0.5, 0.6) is 0 Å². The van der Waals surface area contributed by atoms with E-state index < -0.39 is 0 Å². The van der Waals surface area contributed by atoms with Crippen molar-refractivity contribution in [1.29, 1.82) is 0 Å². The molecule has 0 aliphatic carbocycles. The van der Waals surface area contributed by atoms with Gasteiger partial charge in [-0.3, -0.25) is 4.90 Å². The van der Waals surface area contributed by atoms with Crippen molar-refractivity contribution in [1.82, 2.24) is 10.2 Å². The van der Waals surface area contributed by atoms with Crippen LogP contribution >= 0.6 is 0 Å². The van der Waals surface area contributed by atoms with Gasteiger partial charge in [0.2, 0.25) is 0 Å². The van der Waals surface area contributed by atoms with Gasteiger partial charge >= 0.3 is 0 Å². The van der Waals surface area contributed by atoms with E-state index in [0.717, 1.165) is 32.3 Å². The average molecular weight is 240 g/mol. The maximum Gasteiger partial charge on any atom is 0.0547 e. The van der Waals surface area contributed by atoms with Crippen molar-refractivity contribution in [2.75, 3.05) is 39.4 Å². The van der Waals surface area contributed by atoms with Crippen LogP contribution in [0, 0.1) is 5.41 Å². The third-order valence-electron chi connectivity index (χ3n) is 4.34. The van der Waals surface area contributed by atoms with Crippen LogP contribution in [0.15, 0.2) is 0 Å². The van der Waals surface area contributed by atoms with Gasteiger partial charge in [-0.2, -0.15) is 0 Å². The molecule has 0 spiro atoms. The van der Waals surface area contributed by atoms with Crippen molar-refractivity contribution in [3.05, 3.63) is 0 Å². The molecule has 2 aliphatic rings. The van der Waals surface area contributed by atoms with Gasteiger partial charge < -0.3 is 10.1 Å². The molecular formula is C14H28N2O. The van der Waals surface area contributed by atoms with Crippen LogP contribution in [0.2, 0.25) is 0 Å². The lowest BCUT2D eigenvalue weighted by atomic mass is 9.86. The summed E-state index contributed by atoms with van der Waals surface area (Å²) in [6.07, 6.45) is 5.20. The fourth-order valence-electron chi connectivity index (χ4n) is 3.16. The van der Waals surface area contributed by atoms with Crippen molar-refractivity contribution in [3.63, 3.8) is 0 Å². The Morgan fingerprint density at radius 1 is 1.47 bits per heavy atom. The van der Waals surface area contributed by atoms with Gasteiger partial charge in [-0.05, 0) is 45.7 Å². The summed E-state index contributed by atoms with van der Waals surface area (Å²) < 4.78 is 5.67. The van der Waals surface area contributed by atoms with Crippen molar-refractivity contribution >= 4 is 0 Å². The second-order valence-electron chi connectivity index (χ2n) is 5.94. The highest BCUT2D eigenvalue weighted by Gasteiger charge is 2.38. The molecule has 0 aromatic carbocycles. The minimum Gasteiger partial charge on any atom is -0.381 e. The van der Waals surface area contributed by atoms with E-state index in [1.165, 1.54) is 38.8 Å². The number of ether oxygens (including phenoxy) is 1. The molecule has 2 fully saturated rings. The zero-order valence-electron chi connectivity index (χ0n) is 11.5. The summed E-state index contributed by atoms with van der Waals surface area (Å²) in [5.74, 6) is 0. The van der Waals surface area contributed by atoms with Gasteiger partial charge in [0, 0.05) is 31.2 Å². The van der Waals surface area contributed by atoms with Crippen molar-refractivity contribution in [3.8, 4) is 0 Å². The molecule has 17 heavy (non-hydrogen) atoms. The molecule has 2 heterocycles. The summed E-state index contributed by atoms with van der Waals surface area (Å²) in [5, 5.41) is 3.60. The summed E-state index contributed by atoms with van der Waals surface area (Å²) in [7, 11) is 0. The summed E-state index contributed by atoms with van der Waals surface area (Å²) >= 11 is 0. The highest BCUT2D eigenvalue weighted by atomic mass is 16.5. The summed E-state index contributed by atoms with van der Waals surface area (Å²) in [4.78, 5) is 2.67. The molecule has 2 saturated heterocycles. The Bertz CT molecular complexity index is 226. The Morgan fingerprint density at radius 2 is 2.35 bits per heavy atom. The Balaban J connectivity index is 1.87. The highest BCUT2D eigenvalue weighted by Crippen LogP contribution is 2.31. The van der Waals surface area contributed by atoms with Crippen LogP contribution in [-0.2, 0) is 4.74 Å². The number of hydrogen-bond donors (Lipinski definition) is 1. The SMILES string of the molecule is CCCNCC1(CN2CCCC2C)CCOC1. The first-order valence-electron chi connectivity index (χ1n) is 7.28. The highest BCUT2D eigenvalue weighted by molar-refractivity contribution is 4.91. The first-order chi connectivity index (χ1) is 8.26. The number of nitrogens with one attached hydrogen (secondary N) is 1. The Labute approximate surface area is 106 Å². The third-order valence-corrected chi connectivity index (χ3v) is 4.34. The monoisotopic (exact) mass is 240 g/mol. The van der Waals surface area contributed by atoms with Crippen LogP contribution in [0.4, 0.5) is 0 Å². The van der Waals surface area contributed by atoms with Gasteiger partial charge in [-0.25, -0.2) is 0 Å². The molecule has 0 aromatic heterocycles. The molecule has 2 rings (SSSR count). The lowest BCUT2D eigenvalue weighted by Crippen LogP contribution is -2.45. The van der Waals surface area contributed by atoms with Crippen LogP contribution in [0.25, 0.3) is 0 Å². The van der Waals surface area contributed by atoms with Gasteiger partial charge in [0.05, 0.1) is 6.61 Å². The molecule has 3 nitrogen and oxygen atoms in total. The van der Waals surface area contributed by atoms with Crippen LogP contribution in [0.1, 0.15) is 39.5 Å². The van der Waals surface area contributed by atoms with Crippen LogP contribution in [0.3, 0.4) is 0 Å². The first-order valence-corrected chi connectivity index (χ1v) is 7.28. The second-order valence-corrected chi connectivity index (χ2v) is 5.94. The van der Waals surface area contributed by atoms with E-state index in [4.69, 9.17) is 4.74 Å². The maximum atomic E-state index is 5.67. The van der Waals surface area contributed by atoms with E-state index in [2.05, 4.69) is 24.1 Å². The zero-order valence-corrected chi connectivity index (χ0v) is 11.5. The van der Waals surface area contributed by atoms with E-state index >= 15 is 0 Å². The molecule has 2 atom stereocenters. The van der Waals surface area contributed by atoms with Gasteiger partial charge in [0.15, 0.2) is 0 Å². The number of likely N-dealkylation sites (tertiary alicyclic amines) is 1. The summed E-state index contributed by atoms with van der Waals surface area (Å²) in [5.41, 5.74) is 0.383. The topological polar surface area (TPSA) is 24.5 Å². The van der Waals surface area contributed by atoms with Crippen LogP contribution < -0.4 is 5.32 Å². The first kappa shape index (κ1) is 13.3. The van der Waals surface area contributed by atoms with Crippen molar-refractivity contribution in [2.24, 2.45) is 5.41 Å². The number of nitrogens with zero attached hydrogens (tertiary/aromatic N) is 1. The van der Waals surface area contributed by atoms with Gasteiger partial charge in [-0.1, -0.05) is 6.92 Å². The molecule has 0 amide bonds. The minimum absolute atomic E-state index is 0.383. The fraction of sp³-hybridized carbons (Fsp3) is 1.00. The Morgan fingerprint density at radius 3 is 2.94 bits per heavy atom. The van der Waals surface area contributed by atoms with E-state index in [1.54, 1.807) is 0 Å². The quantitative estimate of drug-likeness (QED) is 0.717. The lowest BCUT2D eigenvalue weighted by Gasteiger charge is -2.34. The van der Waals surface area contributed by atoms with E-state index in [-0.39, 0.29) is 0 Å². The normalized spacial score (nSPS) is 34.6. The predicted octanol–water partition coefficient (Wildman–Crippen LogP) is 1.88. The van der Waals surface area contributed by atoms with E-state index in [0.29, 0.717) is 5.41 Å². The zero-order chi connectivity index (χ0) is 12.1. The number of hydrogen-bond acceptors (Lipinski definition) is 3. The molecule has 0 saturated carbocycles. The largest absolute Gasteiger partial charge is 0.381 e. The smallest absolute Gasteiger partial charge is 0.0547 e. The average Bonchev–Trinajstić information content (AvgIpc) is 2.91. The van der Waals surface area contributed by atoms with Crippen LogP contribution in [-0.4, -0.2) is 50.3 Å². The molecule has 1 N–H and O–H groups in total. The molecule has 100 valence electrons. The molecule has 0 aromatic rings. The second kappa shape index (κ2) is 6.17. The molecular weight excluding hydrogens is 212 g/mol. The Hall–Kier alpha value is -0.120. The summed E-state index contributed by atoms with van der Waals surface area (Å²) in [6.45, 7) is 11.3.